The van der Waals surface area contributed by atoms with Crippen molar-refractivity contribution in [2.24, 2.45) is 0 Å². The normalized spacial score (nSPS) is 19.3. The van der Waals surface area contributed by atoms with Gasteiger partial charge in [0.1, 0.15) is 0 Å². The van der Waals surface area contributed by atoms with E-state index in [0.29, 0.717) is 0 Å². The summed E-state index contributed by atoms with van der Waals surface area (Å²) in [5.41, 5.74) is 0. The molecule has 0 bridgehead atoms. The highest BCUT2D eigenvalue weighted by molar-refractivity contribution is 5.94. The van der Waals surface area contributed by atoms with Gasteiger partial charge in [-0.05, 0) is 32.9 Å². The minimum Gasteiger partial charge on any atom is -0.453 e. The van der Waals surface area contributed by atoms with E-state index in [1.165, 1.54) is 13.5 Å². The second-order valence-corrected chi connectivity index (χ2v) is 3.75. The Hall–Kier alpha value is -1.10. The lowest BCUT2D eigenvalue weighted by atomic mass is 10.1. The van der Waals surface area contributed by atoms with Gasteiger partial charge in [0, 0.05) is 0 Å². The third-order valence-electron chi connectivity index (χ3n) is 2.73. The van der Waals surface area contributed by atoms with Crippen LogP contribution in [0, 0.1) is 0 Å². The maximum absolute atomic E-state index is 11.6. The average Bonchev–Trinajstić information content (AvgIpc) is 2.29. The zero-order valence-electron chi connectivity index (χ0n) is 9.28. The molecule has 0 aliphatic carbocycles. The van der Waals surface area contributed by atoms with Crippen LogP contribution in [-0.2, 0) is 9.53 Å². The molecule has 0 aromatic rings. The zero-order valence-corrected chi connectivity index (χ0v) is 9.28. The van der Waals surface area contributed by atoms with Gasteiger partial charge in [-0.25, -0.2) is 4.79 Å². The van der Waals surface area contributed by atoms with Crippen LogP contribution in [0.3, 0.4) is 0 Å². The molecule has 1 fully saturated rings. The van der Waals surface area contributed by atoms with Crippen molar-refractivity contribution in [3.8, 4) is 0 Å². The number of carbonyl (C=O) groups excluding carboxylic acids is 2. The van der Waals surface area contributed by atoms with E-state index in [4.69, 9.17) is 0 Å². The Kier molecular flexibility index (Phi) is 4.55. The molecule has 0 aromatic carbocycles. The fraction of sp³-hybridized carbons (Fsp3) is 0.800. The van der Waals surface area contributed by atoms with Crippen LogP contribution in [0.1, 0.15) is 26.2 Å². The number of nitrogens with one attached hydrogen (secondary N) is 1. The maximum atomic E-state index is 11.6. The van der Waals surface area contributed by atoms with E-state index in [9.17, 15) is 9.59 Å². The predicted molar refractivity (Wildman–Crippen MR) is 55.4 cm³/mol. The zero-order chi connectivity index (χ0) is 11.3. The highest BCUT2D eigenvalue weighted by Gasteiger charge is 2.23. The molecule has 15 heavy (non-hydrogen) atoms. The number of ether oxygens (including phenoxy) is 1. The molecular weight excluding hydrogens is 196 g/mol. The first-order valence-corrected chi connectivity index (χ1v) is 5.28. The maximum Gasteiger partial charge on any atom is 0.413 e. The fourth-order valence-electron chi connectivity index (χ4n) is 1.73. The summed E-state index contributed by atoms with van der Waals surface area (Å²) in [4.78, 5) is 24.5. The number of imide groups is 1. The number of nitrogens with zero attached hydrogens (tertiary/aromatic N) is 1. The fourth-order valence-corrected chi connectivity index (χ4v) is 1.73. The number of carbonyl (C=O) groups is 2. The molecule has 1 aliphatic heterocycles. The van der Waals surface area contributed by atoms with Crippen LogP contribution >= 0.6 is 0 Å². The monoisotopic (exact) mass is 214 g/mol. The number of hydrogen-bond acceptors (Lipinski definition) is 4. The Labute approximate surface area is 89.8 Å². The smallest absolute Gasteiger partial charge is 0.413 e. The van der Waals surface area contributed by atoms with Crippen LogP contribution in [0.5, 0.6) is 0 Å². The van der Waals surface area contributed by atoms with Gasteiger partial charge in [0.25, 0.3) is 0 Å². The van der Waals surface area contributed by atoms with Crippen LogP contribution in [0.15, 0.2) is 0 Å². The molecule has 0 spiro atoms. The third kappa shape index (κ3) is 3.51. The number of alkyl carbamates (subject to hydrolysis) is 1. The third-order valence-corrected chi connectivity index (χ3v) is 2.73. The summed E-state index contributed by atoms with van der Waals surface area (Å²) < 4.78 is 4.37. The van der Waals surface area contributed by atoms with E-state index in [0.717, 1.165) is 25.9 Å². The van der Waals surface area contributed by atoms with Gasteiger partial charge in [-0.3, -0.25) is 15.0 Å². The van der Waals surface area contributed by atoms with Gasteiger partial charge in [0.15, 0.2) is 0 Å². The van der Waals surface area contributed by atoms with Gasteiger partial charge < -0.3 is 4.74 Å². The molecule has 1 heterocycles. The molecule has 2 amide bonds. The van der Waals surface area contributed by atoms with Gasteiger partial charge in [-0.1, -0.05) is 6.42 Å². The Balaban J connectivity index is 2.40. The predicted octanol–water partition coefficient (Wildman–Crippen LogP) is 0.743. The molecule has 1 saturated heterocycles. The summed E-state index contributed by atoms with van der Waals surface area (Å²) in [5.74, 6) is -0.288. The van der Waals surface area contributed by atoms with Crippen molar-refractivity contribution >= 4 is 12.0 Å². The van der Waals surface area contributed by atoms with Gasteiger partial charge in [-0.15, -0.1) is 0 Å². The Bertz CT molecular complexity index is 237. The van der Waals surface area contributed by atoms with E-state index in [1.807, 2.05) is 6.92 Å². The summed E-state index contributed by atoms with van der Waals surface area (Å²) in [5, 5.41) is 2.18. The molecule has 1 aliphatic rings. The average molecular weight is 214 g/mol. The largest absolute Gasteiger partial charge is 0.453 e. The van der Waals surface area contributed by atoms with Gasteiger partial charge in [0.05, 0.1) is 13.2 Å². The summed E-state index contributed by atoms with van der Waals surface area (Å²) in [6, 6.07) is -0.260. The molecule has 5 nitrogen and oxygen atoms in total. The number of methoxy groups -OCH3 is 1. The Morgan fingerprint density at radius 3 is 2.40 bits per heavy atom. The Morgan fingerprint density at radius 2 is 1.87 bits per heavy atom. The summed E-state index contributed by atoms with van der Waals surface area (Å²) in [6.07, 6.45) is 2.77. The first kappa shape index (κ1) is 12.0. The molecule has 0 radical (unpaired) electrons. The van der Waals surface area contributed by atoms with E-state index < -0.39 is 6.09 Å². The van der Waals surface area contributed by atoms with Crippen molar-refractivity contribution in [3.63, 3.8) is 0 Å². The van der Waals surface area contributed by atoms with Crippen molar-refractivity contribution in [1.29, 1.82) is 0 Å². The molecule has 1 rings (SSSR count). The number of hydrogen-bond donors (Lipinski definition) is 1. The van der Waals surface area contributed by atoms with Crippen molar-refractivity contribution < 1.29 is 14.3 Å². The van der Waals surface area contributed by atoms with Crippen molar-refractivity contribution in [1.82, 2.24) is 10.2 Å². The molecule has 0 aromatic heterocycles. The number of rotatable bonds is 2. The highest BCUT2D eigenvalue weighted by Crippen LogP contribution is 2.11. The number of amides is 2. The molecule has 1 atom stereocenters. The van der Waals surface area contributed by atoms with Crippen molar-refractivity contribution in [3.05, 3.63) is 0 Å². The molecule has 1 N–H and O–H groups in total. The summed E-state index contributed by atoms with van der Waals surface area (Å²) >= 11 is 0. The van der Waals surface area contributed by atoms with E-state index in [-0.39, 0.29) is 11.9 Å². The number of likely N-dealkylation sites (tertiary alicyclic amines) is 1. The van der Waals surface area contributed by atoms with Crippen LogP contribution in [0.4, 0.5) is 4.79 Å². The topological polar surface area (TPSA) is 58.6 Å². The van der Waals surface area contributed by atoms with Gasteiger partial charge >= 0.3 is 6.09 Å². The van der Waals surface area contributed by atoms with Crippen LogP contribution in [-0.4, -0.2) is 43.1 Å². The van der Waals surface area contributed by atoms with E-state index in [1.54, 1.807) is 0 Å². The summed E-state index contributed by atoms with van der Waals surface area (Å²) in [7, 11) is 1.24. The van der Waals surface area contributed by atoms with Crippen LogP contribution in [0.2, 0.25) is 0 Å². The lowest BCUT2D eigenvalue weighted by Gasteiger charge is -2.30. The van der Waals surface area contributed by atoms with E-state index in [2.05, 4.69) is 15.0 Å². The highest BCUT2D eigenvalue weighted by atomic mass is 16.5. The van der Waals surface area contributed by atoms with Gasteiger partial charge in [-0.2, -0.15) is 0 Å². The minimum absolute atomic E-state index is 0.260. The van der Waals surface area contributed by atoms with Crippen LogP contribution in [0.25, 0.3) is 0 Å². The molecule has 5 heteroatoms. The quantitative estimate of drug-likeness (QED) is 0.736. The molecule has 0 unspecified atom stereocenters. The Morgan fingerprint density at radius 1 is 1.27 bits per heavy atom. The van der Waals surface area contributed by atoms with Crippen LogP contribution < -0.4 is 5.32 Å². The van der Waals surface area contributed by atoms with E-state index >= 15 is 0 Å². The van der Waals surface area contributed by atoms with Crippen molar-refractivity contribution in [2.75, 3.05) is 20.2 Å². The summed E-state index contributed by atoms with van der Waals surface area (Å²) in [6.45, 7) is 3.66. The van der Waals surface area contributed by atoms with Crippen molar-refractivity contribution in [2.45, 2.75) is 32.2 Å². The number of piperidine rings is 1. The second kappa shape index (κ2) is 5.70. The first-order valence-electron chi connectivity index (χ1n) is 5.28. The lowest BCUT2D eigenvalue weighted by molar-refractivity contribution is -0.125. The SMILES string of the molecule is COC(=O)NC(=O)[C@@H](C)N1CCCCC1. The lowest BCUT2D eigenvalue weighted by Crippen LogP contribution is -2.48. The van der Waals surface area contributed by atoms with Gasteiger partial charge in [0.2, 0.25) is 5.91 Å². The molecule has 86 valence electrons. The molecular formula is C10H18N2O3. The minimum atomic E-state index is -0.691. The first-order chi connectivity index (χ1) is 7.15. The standard InChI is InChI=1S/C10H18N2O3/c1-8(9(13)11-10(14)15-2)12-6-4-3-5-7-12/h8H,3-7H2,1-2H3,(H,11,13,14)/t8-/m1/s1. The molecule has 0 saturated carbocycles. The second-order valence-electron chi connectivity index (χ2n) is 3.75.